The van der Waals surface area contributed by atoms with Crippen molar-refractivity contribution in [2.45, 2.75) is 16.6 Å². The summed E-state index contributed by atoms with van der Waals surface area (Å²) in [5.41, 5.74) is 2.01. The van der Waals surface area contributed by atoms with Gasteiger partial charge in [-0.3, -0.25) is 4.79 Å². The molecule has 0 bridgehead atoms. The lowest BCUT2D eigenvalue weighted by molar-refractivity contribution is -0.116. The van der Waals surface area contributed by atoms with Crippen LogP contribution in [0.25, 0.3) is 0 Å². The first-order chi connectivity index (χ1) is 9.76. The molecule has 3 rings (SSSR count). The SMILES string of the molecule is COc1cccc(C2CC(=O)Nc3ccccc3S2)c1. The lowest BCUT2D eigenvalue weighted by Crippen LogP contribution is -2.11. The highest BCUT2D eigenvalue weighted by atomic mass is 32.2. The lowest BCUT2D eigenvalue weighted by atomic mass is 10.1. The van der Waals surface area contributed by atoms with E-state index < -0.39 is 0 Å². The van der Waals surface area contributed by atoms with Gasteiger partial charge in [-0.2, -0.15) is 0 Å². The Morgan fingerprint density at radius 1 is 1.20 bits per heavy atom. The third-order valence-corrected chi connectivity index (χ3v) is 4.60. The Morgan fingerprint density at radius 2 is 2.05 bits per heavy atom. The summed E-state index contributed by atoms with van der Waals surface area (Å²) in [4.78, 5) is 13.1. The summed E-state index contributed by atoms with van der Waals surface area (Å²) in [6.07, 6.45) is 0.465. The Labute approximate surface area is 122 Å². The van der Waals surface area contributed by atoms with E-state index in [2.05, 4.69) is 5.32 Å². The van der Waals surface area contributed by atoms with Crippen molar-refractivity contribution in [3.05, 3.63) is 54.1 Å². The maximum atomic E-state index is 12.0. The summed E-state index contributed by atoms with van der Waals surface area (Å²) in [7, 11) is 1.65. The molecule has 1 atom stereocenters. The maximum absolute atomic E-state index is 12.0. The van der Waals surface area contributed by atoms with Crippen LogP contribution >= 0.6 is 11.8 Å². The number of para-hydroxylation sites is 1. The molecule has 0 aromatic heterocycles. The standard InChI is InChI=1S/C16H15NO2S/c1-19-12-6-4-5-11(9-12)15-10-16(18)17-13-7-2-3-8-14(13)20-15/h2-9,15H,10H2,1H3,(H,17,18). The molecular formula is C16H15NO2S. The molecule has 1 heterocycles. The number of anilines is 1. The summed E-state index contributed by atoms with van der Waals surface area (Å²) in [5, 5.41) is 3.07. The predicted octanol–water partition coefficient (Wildman–Crippen LogP) is 3.87. The van der Waals surface area contributed by atoms with Gasteiger partial charge in [-0.15, -0.1) is 11.8 Å². The van der Waals surface area contributed by atoms with Gasteiger partial charge < -0.3 is 10.1 Å². The van der Waals surface area contributed by atoms with Gasteiger partial charge in [0.25, 0.3) is 0 Å². The molecule has 2 aromatic rings. The third-order valence-electron chi connectivity index (χ3n) is 3.27. The Balaban J connectivity index is 1.96. The molecule has 4 heteroatoms. The Bertz CT molecular complexity index is 642. The van der Waals surface area contributed by atoms with Gasteiger partial charge >= 0.3 is 0 Å². The first kappa shape index (κ1) is 13.1. The van der Waals surface area contributed by atoms with Gasteiger partial charge in [-0.05, 0) is 29.8 Å². The van der Waals surface area contributed by atoms with Crippen LogP contribution in [0.1, 0.15) is 17.2 Å². The van der Waals surface area contributed by atoms with E-state index in [0.29, 0.717) is 6.42 Å². The lowest BCUT2D eigenvalue weighted by Gasteiger charge is -2.14. The van der Waals surface area contributed by atoms with Crippen LogP contribution in [0.3, 0.4) is 0 Å². The molecule has 0 fully saturated rings. The molecule has 0 radical (unpaired) electrons. The van der Waals surface area contributed by atoms with Crippen LogP contribution in [0.4, 0.5) is 5.69 Å². The van der Waals surface area contributed by atoms with E-state index >= 15 is 0 Å². The van der Waals surface area contributed by atoms with Crippen molar-refractivity contribution >= 4 is 23.4 Å². The van der Waals surface area contributed by atoms with Crippen LogP contribution in [0, 0.1) is 0 Å². The number of benzene rings is 2. The minimum atomic E-state index is 0.0512. The van der Waals surface area contributed by atoms with Gasteiger partial charge in [0.15, 0.2) is 0 Å². The van der Waals surface area contributed by atoms with Crippen molar-refractivity contribution in [2.75, 3.05) is 12.4 Å². The summed E-state index contributed by atoms with van der Waals surface area (Å²) in [5.74, 6) is 0.872. The molecule has 0 saturated carbocycles. The molecule has 102 valence electrons. The number of hydrogen-bond donors (Lipinski definition) is 1. The molecule has 1 aliphatic rings. The number of ether oxygens (including phenoxy) is 1. The van der Waals surface area contributed by atoms with Crippen molar-refractivity contribution < 1.29 is 9.53 Å². The third kappa shape index (κ3) is 2.65. The molecule has 1 aliphatic heterocycles. The molecule has 1 unspecified atom stereocenters. The van der Waals surface area contributed by atoms with Crippen molar-refractivity contribution in [1.82, 2.24) is 0 Å². The average Bonchev–Trinajstić information content (AvgIpc) is 2.65. The fourth-order valence-corrected chi connectivity index (χ4v) is 3.49. The van der Waals surface area contributed by atoms with Gasteiger partial charge in [0.1, 0.15) is 5.75 Å². The van der Waals surface area contributed by atoms with E-state index in [0.717, 1.165) is 21.9 Å². The molecule has 20 heavy (non-hydrogen) atoms. The minimum absolute atomic E-state index is 0.0512. The van der Waals surface area contributed by atoms with E-state index in [1.807, 2.05) is 48.5 Å². The number of carbonyl (C=O) groups excluding carboxylic acids is 1. The van der Waals surface area contributed by atoms with E-state index in [-0.39, 0.29) is 11.2 Å². The Morgan fingerprint density at radius 3 is 2.90 bits per heavy atom. The fourth-order valence-electron chi connectivity index (χ4n) is 2.26. The van der Waals surface area contributed by atoms with Crippen LogP contribution in [0.15, 0.2) is 53.4 Å². The smallest absolute Gasteiger partial charge is 0.225 e. The Hall–Kier alpha value is -1.94. The van der Waals surface area contributed by atoms with Crippen molar-refractivity contribution in [3.8, 4) is 5.75 Å². The van der Waals surface area contributed by atoms with Crippen molar-refractivity contribution in [2.24, 2.45) is 0 Å². The van der Waals surface area contributed by atoms with Crippen LogP contribution in [0.2, 0.25) is 0 Å². The number of fused-ring (bicyclic) bond motifs is 1. The van der Waals surface area contributed by atoms with Gasteiger partial charge in [-0.25, -0.2) is 0 Å². The topological polar surface area (TPSA) is 38.3 Å². The first-order valence-corrected chi connectivity index (χ1v) is 7.34. The summed E-state index contributed by atoms with van der Waals surface area (Å²) < 4.78 is 5.26. The summed E-state index contributed by atoms with van der Waals surface area (Å²) in [6, 6.07) is 15.8. The van der Waals surface area contributed by atoms with Crippen LogP contribution in [-0.4, -0.2) is 13.0 Å². The second-order valence-corrected chi connectivity index (χ2v) is 5.88. The fraction of sp³-hybridized carbons (Fsp3) is 0.188. The van der Waals surface area contributed by atoms with Gasteiger partial charge in [0, 0.05) is 16.6 Å². The second-order valence-electron chi connectivity index (χ2n) is 4.63. The normalized spacial score (nSPS) is 17.9. The largest absolute Gasteiger partial charge is 0.497 e. The highest BCUT2D eigenvalue weighted by Gasteiger charge is 2.23. The zero-order valence-electron chi connectivity index (χ0n) is 11.1. The molecule has 0 aliphatic carbocycles. The average molecular weight is 285 g/mol. The number of amides is 1. The molecule has 0 spiro atoms. The second kappa shape index (κ2) is 5.59. The molecular weight excluding hydrogens is 270 g/mol. The van der Waals surface area contributed by atoms with E-state index in [4.69, 9.17) is 4.74 Å². The Kier molecular flexibility index (Phi) is 3.65. The summed E-state index contributed by atoms with van der Waals surface area (Å²) in [6.45, 7) is 0. The number of methoxy groups -OCH3 is 1. The highest BCUT2D eigenvalue weighted by Crippen LogP contribution is 2.43. The van der Waals surface area contributed by atoms with E-state index in [9.17, 15) is 4.79 Å². The van der Waals surface area contributed by atoms with Crippen LogP contribution in [0.5, 0.6) is 5.75 Å². The van der Waals surface area contributed by atoms with Crippen LogP contribution in [-0.2, 0) is 4.79 Å². The predicted molar refractivity (Wildman–Crippen MR) is 81.3 cm³/mol. The highest BCUT2D eigenvalue weighted by molar-refractivity contribution is 7.99. The number of hydrogen-bond acceptors (Lipinski definition) is 3. The maximum Gasteiger partial charge on any atom is 0.225 e. The van der Waals surface area contributed by atoms with E-state index in [1.165, 1.54) is 0 Å². The number of rotatable bonds is 2. The van der Waals surface area contributed by atoms with Gasteiger partial charge in [0.05, 0.1) is 12.8 Å². The number of carbonyl (C=O) groups is 1. The van der Waals surface area contributed by atoms with Gasteiger partial charge in [-0.1, -0.05) is 24.3 Å². The zero-order valence-corrected chi connectivity index (χ0v) is 11.9. The first-order valence-electron chi connectivity index (χ1n) is 6.46. The quantitative estimate of drug-likeness (QED) is 0.910. The molecule has 0 saturated heterocycles. The zero-order chi connectivity index (χ0) is 13.9. The molecule has 3 nitrogen and oxygen atoms in total. The van der Waals surface area contributed by atoms with Crippen molar-refractivity contribution in [1.29, 1.82) is 0 Å². The molecule has 1 N–H and O–H groups in total. The minimum Gasteiger partial charge on any atom is -0.497 e. The number of nitrogens with one attached hydrogen (secondary N) is 1. The molecule has 1 amide bonds. The molecule has 2 aromatic carbocycles. The van der Waals surface area contributed by atoms with Gasteiger partial charge in [0.2, 0.25) is 5.91 Å². The van der Waals surface area contributed by atoms with Crippen LogP contribution < -0.4 is 10.1 Å². The van der Waals surface area contributed by atoms with Crippen molar-refractivity contribution in [3.63, 3.8) is 0 Å². The summed E-state index contributed by atoms with van der Waals surface area (Å²) >= 11 is 1.71. The number of thioether (sulfide) groups is 1. The monoisotopic (exact) mass is 285 g/mol. The van der Waals surface area contributed by atoms with E-state index in [1.54, 1.807) is 18.9 Å².